The molecule has 0 spiro atoms. The van der Waals surface area contributed by atoms with E-state index < -0.39 is 239 Å². The smallest absolute Gasteiger partial charge is 0.310 e. The lowest BCUT2D eigenvalue weighted by atomic mass is 9.89. The lowest BCUT2D eigenvalue weighted by Gasteiger charge is -2.52. The van der Waals surface area contributed by atoms with E-state index in [0.717, 1.165) is 54.2 Å². The van der Waals surface area contributed by atoms with E-state index in [1.54, 1.807) is 13.8 Å². The quantitative estimate of drug-likeness (QED) is 0.0390. The van der Waals surface area contributed by atoms with Gasteiger partial charge in [-0.25, -0.2) is 0 Å². The van der Waals surface area contributed by atoms with Gasteiger partial charge in [0.2, 0.25) is 11.8 Å². The molecule has 6 aromatic carbocycles. The van der Waals surface area contributed by atoms with Gasteiger partial charge in [0.05, 0.1) is 71.9 Å². The van der Waals surface area contributed by atoms with Crippen LogP contribution in [0.1, 0.15) is 36.1 Å². The van der Waals surface area contributed by atoms with E-state index in [1.807, 2.05) is 97.1 Å². The predicted molar refractivity (Wildman–Crippen MR) is 502 cm³/mol. The van der Waals surface area contributed by atoms with Crippen LogP contribution < -0.4 is 10.6 Å². The van der Waals surface area contributed by atoms with Crippen LogP contribution in [0.2, 0.25) is 0 Å². The minimum atomic E-state index is -1.45. The molecule has 21 fully saturated rings. The summed E-state index contributed by atoms with van der Waals surface area (Å²) in [6, 6.07) is 30.5. The van der Waals surface area contributed by atoms with Gasteiger partial charge in [-0.05, 0) is 79.2 Å². The van der Waals surface area contributed by atoms with Crippen molar-refractivity contribution in [3.05, 3.63) is 119 Å². The molecule has 0 unspecified atom stereocenters. The molecule has 21 aliphatic rings. The molecule has 790 valence electrons. The summed E-state index contributed by atoms with van der Waals surface area (Å²) in [7, 11) is 28.0. The maximum atomic E-state index is 15.3. The van der Waals surface area contributed by atoms with Crippen LogP contribution in [0.4, 0.5) is 0 Å². The molecular weight excluding hydrogens is 1870 g/mol. The summed E-state index contributed by atoms with van der Waals surface area (Å²) < 4.78 is 233. The molecule has 27 rings (SSSR count). The number of esters is 2. The maximum Gasteiger partial charge on any atom is 0.310 e. The first kappa shape index (κ1) is 111. The van der Waals surface area contributed by atoms with E-state index in [-0.39, 0.29) is 85.0 Å². The first-order valence-electron chi connectivity index (χ1n) is 47.9. The third-order valence-electron chi connectivity index (χ3n) is 27.9. The Morgan fingerprint density at radius 3 is 0.549 bits per heavy atom. The molecule has 142 heavy (non-hydrogen) atoms. The second-order valence-corrected chi connectivity index (χ2v) is 35.6. The Bertz CT molecular complexity index is 4670. The number of hydrogen-bond donors (Lipinski definition) is 2. The molecule has 35 atom stereocenters. The molecule has 21 saturated heterocycles. The first-order chi connectivity index (χ1) is 69.2. The highest BCUT2D eigenvalue weighted by atomic mass is 16.8. The molecule has 41 nitrogen and oxygen atoms in total. The molecule has 41 heteroatoms. The SMILES string of the molecule is CCOC(=O)Cc1c2ccccc2c(CC(=O)NC[C@H]2O[C@@H]3O[C@H]4[C@H](OC)[C@@H](OC)[C@@H](O[C@H]5[C@H](OC)[C@@H](OC)[C@@H](O[C@H]6[C@H](OC)[C@@H](OC)[C@@H](O[C@H]7[C@H](OC)[C@@H](OC)[C@@H](O[C@H]8[C@H](OC)[C@@H](OC)[C@@H](O[C@H]9[C@H](OC)[C@@H](OC)[C@@H](O[C@H]2[C@H](OC)[C@H]3OC)O[C@@H]9COC)O[C@@H]8COC)O[C@@H]7CNC(=O)Cc2c3ccccc3c(CC(=O)OCC)c3ccccc23)O[C@@H]6COC)O[C@@H]5COC)O[C@@H]4COC)c2ccccc12. The Kier molecular flexibility index (Phi) is 41.0. The van der Waals surface area contributed by atoms with Gasteiger partial charge in [0.1, 0.15) is 171 Å². The van der Waals surface area contributed by atoms with Crippen molar-refractivity contribution in [2.24, 2.45) is 0 Å². The number of amides is 2. The van der Waals surface area contributed by atoms with Gasteiger partial charge in [0.25, 0.3) is 0 Å². The lowest BCUT2D eigenvalue weighted by Crippen LogP contribution is -2.69. The van der Waals surface area contributed by atoms with Crippen LogP contribution >= 0.6 is 0 Å². The molecule has 0 saturated carbocycles. The Balaban J connectivity index is 0.858. The summed E-state index contributed by atoms with van der Waals surface area (Å²) in [6.07, 6.45) is -42.4. The van der Waals surface area contributed by atoms with Gasteiger partial charge in [-0.1, -0.05) is 97.1 Å². The number of ether oxygens (including phenoxy) is 35. The van der Waals surface area contributed by atoms with Crippen molar-refractivity contribution < 1.29 is 185 Å². The Hall–Kier alpha value is -7.08. The zero-order valence-electron chi connectivity index (χ0n) is 84.6. The topological polar surface area (TPSA) is 415 Å². The van der Waals surface area contributed by atoms with Crippen LogP contribution in [0.5, 0.6) is 0 Å². The fraction of sp³-hybridized carbons (Fsp3) is 0.683. The monoisotopic (exact) mass is 2010 g/mol. The van der Waals surface area contributed by atoms with Crippen molar-refractivity contribution in [3.8, 4) is 0 Å². The number of nitrogens with one attached hydrogen (secondary N) is 2. The summed E-state index contributed by atoms with van der Waals surface area (Å²) in [5.41, 5.74) is 2.90. The number of benzene rings is 6. The predicted octanol–water partition coefficient (Wildman–Crippen LogP) is 4.75. The highest BCUT2D eigenvalue weighted by molar-refractivity contribution is 6.10. The number of hydrogen-bond acceptors (Lipinski definition) is 39. The molecule has 0 aromatic heterocycles. The molecular formula is C101H142N2O39. The second kappa shape index (κ2) is 52.7. The largest absolute Gasteiger partial charge is 0.466 e. The highest BCUT2D eigenvalue weighted by Crippen LogP contribution is 2.46. The van der Waals surface area contributed by atoms with Gasteiger partial charge in [0.15, 0.2) is 44.0 Å². The first-order valence-corrected chi connectivity index (χ1v) is 47.9. The van der Waals surface area contributed by atoms with Gasteiger partial charge in [-0.2, -0.15) is 0 Å². The molecule has 21 heterocycles. The molecule has 21 aliphatic heterocycles. The van der Waals surface area contributed by atoms with E-state index in [1.165, 1.54) is 135 Å². The standard InChI is InChI=1S/C101H142N2O39/c1-22-127-72(106)42-61-55-36-28-24-32-51(55)59(52-33-25-29-37-56(52)61)40-70(104)102-44-63-74-81(113-8)89(121-16)96(130-63)139-77-66(47-109-4)134-100(93(125-20)84(77)116-11)142-80-69(50-112-7)135-101(94(126-21)87(80)119-14)141-79-68(49-111-6)132-98(91(123-18)86(79)118-13)137-75-64(45-103-71(105)41-60-53-34-26-30-38-57(53)62(43-73(107)128-23-2)58-39-31-27-35-54(58)60)129-95(88(120-15)82(75)114-9)138-76-65(46-108-3)133-99(92(124-19)83(76)115-10)140-78-67(48-110-5)131-97(136-74)90(122-17)85(78)117-12/h24-39,63-69,74-101H,22-23,40-50H2,1-21H3,(H,102,104)(H,103,105)/t63-,64-,65-,66-,67-,68-,69-,74-,75-,76-,77-,78-,79-,80-,81+,82+,83+,84+,85+,86+,87+,88-,89-,90-,91-,92-,93-,94-,95-,96-,97-,98-,99-,100-,101-/m1/s1. The molecule has 14 bridgehead atoms. The summed E-state index contributed by atoms with van der Waals surface area (Å²) in [5.74, 6) is -1.64. The van der Waals surface area contributed by atoms with Crippen molar-refractivity contribution in [2.75, 3.05) is 194 Å². The van der Waals surface area contributed by atoms with Crippen LogP contribution in [0.15, 0.2) is 97.1 Å². The van der Waals surface area contributed by atoms with Gasteiger partial charge >= 0.3 is 11.9 Å². The number of fused-ring (bicyclic) bond motifs is 4. The van der Waals surface area contributed by atoms with Crippen molar-refractivity contribution >= 4 is 66.8 Å². The Morgan fingerprint density at radius 1 is 0.225 bits per heavy atom. The maximum absolute atomic E-state index is 15.3. The Labute approximate surface area is 827 Å². The third-order valence-corrected chi connectivity index (χ3v) is 27.9. The van der Waals surface area contributed by atoms with Crippen LogP contribution in [0, 0.1) is 0 Å². The number of carbonyl (C=O) groups is 4. The average Bonchev–Trinajstić information content (AvgIpc) is 0.772. The van der Waals surface area contributed by atoms with E-state index in [2.05, 4.69) is 10.6 Å². The Morgan fingerprint density at radius 2 is 0.387 bits per heavy atom. The van der Waals surface area contributed by atoms with E-state index >= 15 is 9.59 Å². The van der Waals surface area contributed by atoms with Crippen molar-refractivity contribution in [1.29, 1.82) is 0 Å². The van der Waals surface area contributed by atoms with E-state index in [9.17, 15) is 9.59 Å². The van der Waals surface area contributed by atoms with E-state index in [0.29, 0.717) is 11.1 Å². The van der Waals surface area contributed by atoms with Gasteiger partial charge in [-0.3, -0.25) is 19.2 Å². The number of methoxy groups -OCH3 is 19. The average molecular weight is 2010 g/mol. The fourth-order valence-corrected chi connectivity index (χ4v) is 21.6. The van der Waals surface area contributed by atoms with Crippen molar-refractivity contribution in [2.45, 2.75) is 254 Å². The third kappa shape index (κ3) is 23.8. The molecule has 2 amide bonds. The fourth-order valence-electron chi connectivity index (χ4n) is 21.6. The molecule has 0 aliphatic carbocycles. The van der Waals surface area contributed by atoms with Gasteiger partial charge in [-0.15, -0.1) is 0 Å². The minimum Gasteiger partial charge on any atom is -0.466 e. The molecule has 2 N–H and O–H groups in total. The van der Waals surface area contributed by atoms with Crippen LogP contribution in [0.3, 0.4) is 0 Å². The summed E-state index contributed by atoms with van der Waals surface area (Å²) in [5, 5.41) is 12.5. The highest BCUT2D eigenvalue weighted by Gasteiger charge is 2.63. The zero-order chi connectivity index (χ0) is 101. The second-order valence-electron chi connectivity index (χ2n) is 35.6. The van der Waals surface area contributed by atoms with Gasteiger partial charge < -0.3 is 176 Å². The zero-order valence-corrected chi connectivity index (χ0v) is 84.6. The number of rotatable bonds is 38. The van der Waals surface area contributed by atoms with E-state index in [4.69, 9.17) is 166 Å². The van der Waals surface area contributed by atoms with Crippen molar-refractivity contribution in [3.63, 3.8) is 0 Å². The van der Waals surface area contributed by atoms with Gasteiger partial charge in [0, 0.05) is 148 Å². The number of carbonyl (C=O) groups excluding carboxylic acids is 4. The lowest BCUT2D eigenvalue weighted by molar-refractivity contribution is -0.401. The summed E-state index contributed by atoms with van der Waals surface area (Å²) >= 11 is 0. The van der Waals surface area contributed by atoms with Crippen molar-refractivity contribution in [1.82, 2.24) is 10.6 Å². The van der Waals surface area contributed by atoms with Crippen LogP contribution in [0.25, 0.3) is 43.1 Å². The minimum absolute atomic E-state index is 0.00791. The summed E-state index contributed by atoms with van der Waals surface area (Å²) in [4.78, 5) is 57.3. The molecule has 0 radical (unpaired) electrons. The van der Waals surface area contributed by atoms with Crippen LogP contribution in [-0.4, -0.2) is 433 Å². The van der Waals surface area contributed by atoms with Crippen LogP contribution in [-0.2, 0) is 211 Å². The molecule has 6 aromatic rings. The normalized spacial score (nSPS) is 35.3. The summed E-state index contributed by atoms with van der Waals surface area (Å²) in [6.45, 7) is 2.63.